The normalized spacial score (nSPS) is 12.5. The molecule has 5 heteroatoms. The predicted molar refractivity (Wildman–Crippen MR) is 47.4 cm³/mol. The van der Waals surface area contributed by atoms with E-state index in [9.17, 15) is 0 Å². The van der Waals surface area contributed by atoms with Crippen LogP contribution in [0.15, 0.2) is 0 Å². The van der Waals surface area contributed by atoms with Gasteiger partial charge in [-0.25, -0.2) is 0 Å². The smallest absolute Gasteiger partial charge is 0.274 e. The lowest BCUT2D eigenvalue weighted by Crippen LogP contribution is -2.24. The van der Waals surface area contributed by atoms with Gasteiger partial charge in [0, 0.05) is 11.8 Å². The third-order valence-corrected chi connectivity index (χ3v) is 1.25. The van der Waals surface area contributed by atoms with Crippen LogP contribution in [0.2, 0.25) is 0 Å². The van der Waals surface area contributed by atoms with E-state index >= 15 is 0 Å². The molecule has 0 bridgehead atoms. The van der Waals surface area contributed by atoms with Crippen LogP contribution in [0.5, 0.6) is 0 Å². The quantitative estimate of drug-likeness (QED) is 0.359. The lowest BCUT2D eigenvalue weighted by Gasteiger charge is -2.19. The molecule has 0 spiro atoms. The van der Waals surface area contributed by atoms with Gasteiger partial charge in [-0.1, -0.05) is 27.7 Å². The number of aliphatic hydroxyl groups excluding tert-OH is 1. The van der Waals surface area contributed by atoms with Crippen LogP contribution in [0.3, 0.4) is 0 Å². The largest absolute Gasteiger partial charge is 0.368 e. The fraction of sp³-hybridized carbons (Fsp3) is 1.00. The van der Waals surface area contributed by atoms with E-state index < -0.39 is 12.3 Å². The first-order chi connectivity index (χ1) is 5.50. The van der Waals surface area contributed by atoms with E-state index in [-0.39, 0.29) is 11.8 Å². The van der Waals surface area contributed by atoms with E-state index in [4.69, 9.17) is 25.5 Å². The summed E-state index contributed by atoms with van der Waals surface area (Å²) in [4.78, 5) is 0. The van der Waals surface area contributed by atoms with Crippen molar-refractivity contribution in [3.63, 3.8) is 0 Å². The average molecular weight is 196 g/mol. The summed E-state index contributed by atoms with van der Waals surface area (Å²) in [7, 11) is 0. The van der Waals surface area contributed by atoms with Gasteiger partial charge in [0.25, 0.3) is 5.97 Å². The highest BCUT2D eigenvalue weighted by Crippen LogP contribution is 2.15. The van der Waals surface area contributed by atoms with Gasteiger partial charge in [-0.05, 0) is 0 Å². The van der Waals surface area contributed by atoms with Gasteiger partial charge in [-0.2, -0.15) is 0 Å². The summed E-state index contributed by atoms with van der Waals surface area (Å²) >= 11 is 0. The highest BCUT2D eigenvalue weighted by molar-refractivity contribution is 4.61. The Hall–Kier alpha value is -0.200. The SMILES string of the molecule is CC(C)(C)C(O)O.CCC(O)(O)O. The molecule has 0 fully saturated rings. The Bertz CT molecular complexity index is 119. The molecule has 0 radical (unpaired) electrons. The van der Waals surface area contributed by atoms with Crippen LogP contribution in [-0.2, 0) is 0 Å². The minimum absolute atomic E-state index is 0.0625. The summed E-state index contributed by atoms with van der Waals surface area (Å²) in [6.45, 7) is 6.74. The molecular formula is C8H20O5. The highest BCUT2D eigenvalue weighted by atomic mass is 16.7. The Morgan fingerprint density at radius 3 is 1.15 bits per heavy atom. The topological polar surface area (TPSA) is 101 Å². The molecular weight excluding hydrogens is 176 g/mol. The van der Waals surface area contributed by atoms with Crippen LogP contribution in [0, 0.1) is 5.41 Å². The van der Waals surface area contributed by atoms with Crippen LogP contribution >= 0.6 is 0 Å². The van der Waals surface area contributed by atoms with Crippen molar-refractivity contribution >= 4 is 0 Å². The van der Waals surface area contributed by atoms with Gasteiger partial charge in [0.15, 0.2) is 6.29 Å². The van der Waals surface area contributed by atoms with E-state index in [2.05, 4.69) is 0 Å². The van der Waals surface area contributed by atoms with E-state index in [1.54, 1.807) is 20.8 Å². The first-order valence-corrected chi connectivity index (χ1v) is 4.04. The Balaban J connectivity index is 0. The third kappa shape index (κ3) is 14.6. The van der Waals surface area contributed by atoms with Crippen LogP contribution in [0.4, 0.5) is 0 Å². The van der Waals surface area contributed by atoms with Gasteiger partial charge in [0.05, 0.1) is 0 Å². The molecule has 0 aromatic rings. The number of aliphatic hydroxyl groups is 5. The summed E-state index contributed by atoms with van der Waals surface area (Å²) in [6, 6.07) is 0. The lowest BCUT2D eigenvalue weighted by molar-refractivity contribution is -0.312. The standard InChI is InChI=1S/C5H12O2.C3H8O3/c1-5(2,3)4(6)7;1-2-3(4,5)6/h4,6-7H,1-3H3;4-6H,2H2,1H3. The van der Waals surface area contributed by atoms with Crippen molar-refractivity contribution in [2.45, 2.75) is 46.4 Å². The first-order valence-electron chi connectivity index (χ1n) is 4.04. The van der Waals surface area contributed by atoms with E-state index in [1.807, 2.05) is 0 Å². The Morgan fingerprint density at radius 2 is 1.15 bits per heavy atom. The van der Waals surface area contributed by atoms with Gasteiger partial charge in [-0.3, -0.25) is 0 Å². The highest BCUT2D eigenvalue weighted by Gasteiger charge is 2.18. The number of rotatable bonds is 1. The molecule has 0 aromatic heterocycles. The molecule has 0 heterocycles. The molecule has 0 atom stereocenters. The molecule has 0 rings (SSSR count). The maximum atomic E-state index is 8.44. The average Bonchev–Trinajstić information content (AvgIpc) is 1.85. The minimum Gasteiger partial charge on any atom is -0.368 e. The van der Waals surface area contributed by atoms with Gasteiger partial charge < -0.3 is 25.5 Å². The fourth-order valence-electron chi connectivity index (χ4n) is 0. The van der Waals surface area contributed by atoms with Gasteiger partial charge in [0.2, 0.25) is 0 Å². The zero-order chi connectivity index (χ0) is 11.3. The maximum Gasteiger partial charge on any atom is 0.274 e. The molecule has 5 N–H and O–H groups in total. The Labute approximate surface area is 78.3 Å². The second-order valence-corrected chi connectivity index (χ2v) is 3.87. The molecule has 0 saturated heterocycles. The van der Waals surface area contributed by atoms with Gasteiger partial charge >= 0.3 is 0 Å². The molecule has 13 heavy (non-hydrogen) atoms. The second-order valence-electron chi connectivity index (χ2n) is 3.87. The molecule has 0 unspecified atom stereocenters. The van der Waals surface area contributed by atoms with Crippen LogP contribution in [0.1, 0.15) is 34.1 Å². The third-order valence-electron chi connectivity index (χ3n) is 1.25. The summed E-state index contributed by atoms with van der Waals surface area (Å²) in [5, 5.41) is 40.7. The van der Waals surface area contributed by atoms with Crippen molar-refractivity contribution in [1.82, 2.24) is 0 Å². The van der Waals surface area contributed by atoms with E-state index in [0.717, 1.165) is 0 Å². The summed E-state index contributed by atoms with van der Waals surface area (Å²) in [6.07, 6.45) is -1.26. The summed E-state index contributed by atoms with van der Waals surface area (Å²) < 4.78 is 0. The number of hydrogen-bond donors (Lipinski definition) is 5. The van der Waals surface area contributed by atoms with E-state index in [0.29, 0.717) is 0 Å². The second kappa shape index (κ2) is 5.51. The van der Waals surface area contributed by atoms with Crippen LogP contribution in [-0.4, -0.2) is 37.8 Å². The van der Waals surface area contributed by atoms with Crippen molar-refractivity contribution in [3.05, 3.63) is 0 Å². The van der Waals surface area contributed by atoms with Crippen molar-refractivity contribution in [3.8, 4) is 0 Å². The maximum absolute atomic E-state index is 8.44. The van der Waals surface area contributed by atoms with Crippen molar-refractivity contribution in [1.29, 1.82) is 0 Å². The van der Waals surface area contributed by atoms with E-state index in [1.165, 1.54) is 6.92 Å². The fourth-order valence-corrected chi connectivity index (χ4v) is 0. The minimum atomic E-state index is -2.46. The number of hydrogen-bond acceptors (Lipinski definition) is 5. The molecule has 82 valence electrons. The van der Waals surface area contributed by atoms with Crippen molar-refractivity contribution in [2.24, 2.45) is 5.41 Å². The molecule has 0 aliphatic rings. The summed E-state index contributed by atoms with van der Waals surface area (Å²) in [5.41, 5.74) is -0.389. The lowest BCUT2D eigenvalue weighted by atomic mass is 9.96. The van der Waals surface area contributed by atoms with Crippen LogP contribution in [0.25, 0.3) is 0 Å². The Morgan fingerprint density at radius 1 is 1.00 bits per heavy atom. The zero-order valence-electron chi connectivity index (χ0n) is 8.52. The molecule has 5 nitrogen and oxygen atoms in total. The zero-order valence-corrected chi connectivity index (χ0v) is 8.52. The van der Waals surface area contributed by atoms with Crippen molar-refractivity contribution < 1.29 is 25.5 Å². The first kappa shape index (κ1) is 15.3. The van der Waals surface area contributed by atoms with Crippen molar-refractivity contribution in [2.75, 3.05) is 0 Å². The van der Waals surface area contributed by atoms with Gasteiger partial charge in [-0.15, -0.1) is 0 Å². The molecule has 0 aliphatic carbocycles. The predicted octanol–water partition coefficient (Wildman–Crippen LogP) is -0.630. The molecule has 0 saturated carbocycles. The molecule has 0 aromatic carbocycles. The molecule has 0 amide bonds. The Kier molecular flexibility index (Phi) is 6.48. The monoisotopic (exact) mass is 196 g/mol. The van der Waals surface area contributed by atoms with Gasteiger partial charge in [0.1, 0.15) is 0 Å². The summed E-state index contributed by atoms with van der Waals surface area (Å²) in [5.74, 6) is -2.46. The van der Waals surface area contributed by atoms with Crippen LogP contribution < -0.4 is 0 Å². The molecule has 0 aliphatic heterocycles.